The molecule has 0 atom stereocenters. The molecule has 0 bridgehead atoms. The van der Waals surface area contributed by atoms with Crippen LogP contribution in [-0.2, 0) is 4.74 Å². The SMILES string of the molecule is CCCCNC(=O)N(c1ccc(OCC)cc1)c1ccnc(NCCCOC)n1. The molecule has 0 saturated carbocycles. The first-order valence-corrected chi connectivity index (χ1v) is 10.1. The van der Waals surface area contributed by atoms with Crippen LogP contribution in [0.3, 0.4) is 0 Å². The van der Waals surface area contributed by atoms with Gasteiger partial charge in [0.25, 0.3) is 0 Å². The molecule has 158 valence electrons. The number of aromatic nitrogens is 2. The topological polar surface area (TPSA) is 88.6 Å². The summed E-state index contributed by atoms with van der Waals surface area (Å²) in [7, 11) is 1.67. The smallest absolute Gasteiger partial charge is 0.327 e. The second kappa shape index (κ2) is 12.6. The molecule has 2 rings (SSSR count). The molecule has 0 spiro atoms. The minimum Gasteiger partial charge on any atom is -0.494 e. The van der Waals surface area contributed by atoms with Crippen molar-refractivity contribution in [1.29, 1.82) is 0 Å². The number of carbonyl (C=O) groups is 1. The third-order valence-electron chi connectivity index (χ3n) is 4.09. The van der Waals surface area contributed by atoms with Crippen molar-refractivity contribution >= 4 is 23.5 Å². The van der Waals surface area contributed by atoms with E-state index < -0.39 is 0 Å². The number of urea groups is 1. The summed E-state index contributed by atoms with van der Waals surface area (Å²) in [5.74, 6) is 1.72. The number of rotatable bonds is 12. The van der Waals surface area contributed by atoms with Crippen molar-refractivity contribution in [3.05, 3.63) is 36.5 Å². The number of nitrogens with one attached hydrogen (secondary N) is 2. The summed E-state index contributed by atoms with van der Waals surface area (Å²) in [5, 5.41) is 6.12. The largest absolute Gasteiger partial charge is 0.494 e. The van der Waals surface area contributed by atoms with Crippen LogP contribution in [0.15, 0.2) is 36.5 Å². The Morgan fingerprint density at radius 3 is 2.59 bits per heavy atom. The fraction of sp³-hybridized carbons (Fsp3) is 0.476. The molecule has 0 aliphatic rings. The third-order valence-corrected chi connectivity index (χ3v) is 4.09. The summed E-state index contributed by atoms with van der Waals surface area (Å²) in [6.07, 6.45) is 4.40. The van der Waals surface area contributed by atoms with Gasteiger partial charge in [-0.2, -0.15) is 4.98 Å². The van der Waals surface area contributed by atoms with Gasteiger partial charge in [0.05, 0.1) is 12.3 Å². The van der Waals surface area contributed by atoms with Gasteiger partial charge in [-0.3, -0.25) is 0 Å². The molecule has 0 aliphatic carbocycles. The third kappa shape index (κ3) is 7.23. The Kier molecular flexibility index (Phi) is 9.71. The Morgan fingerprint density at radius 1 is 1.10 bits per heavy atom. The van der Waals surface area contributed by atoms with E-state index in [1.54, 1.807) is 24.3 Å². The molecule has 0 saturated heterocycles. The average Bonchev–Trinajstić information content (AvgIpc) is 2.73. The zero-order chi connectivity index (χ0) is 20.9. The zero-order valence-electron chi connectivity index (χ0n) is 17.5. The van der Waals surface area contributed by atoms with Gasteiger partial charge in [0, 0.05) is 39.1 Å². The first kappa shape index (κ1) is 22.4. The number of anilines is 3. The predicted molar refractivity (Wildman–Crippen MR) is 115 cm³/mol. The normalized spacial score (nSPS) is 10.4. The molecule has 0 radical (unpaired) electrons. The van der Waals surface area contributed by atoms with Crippen LogP contribution >= 0.6 is 0 Å². The van der Waals surface area contributed by atoms with Gasteiger partial charge >= 0.3 is 6.03 Å². The summed E-state index contributed by atoms with van der Waals surface area (Å²) in [4.78, 5) is 23.2. The number of nitrogens with zero attached hydrogens (tertiary/aromatic N) is 3. The zero-order valence-corrected chi connectivity index (χ0v) is 17.5. The van der Waals surface area contributed by atoms with Crippen LogP contribution in [0.1, 0.15) is 33.1 Å². The lowest BCUT2D eigenvalue weighted by Gasteiger charge is -2.23. The number of unbranched alkanes of at least 4 members (excludes halogenated alkanes) is 1. The van der Waals surface area contributed by atoms with Crippen molar-refractivity contribution in [2.45, 2.75) is 33.1 Å². The second-order valence-corrected chi connectivity index (χ2v) is 6.36. The van der Waals surface area contributed by atoms with Gasteiger partial charge in [-0.15, -0.1) is 0 Å². The van der Waals surface area contributed by atoms with Crippen molar-refractivity contribution in [2.24, 2.45) is 0 Å². The number of hydrogen-bond acceptors (Lipinski definition) is 6. The van der Waals surface area contributed by atoms with Gasteiger partial charge in [-0.05, 0) is 44.0 Å². The number of ether oxygens (including phenoxy) is 2. The molecule has 1 heterocycles. The highest BCUT2D eigenvalue weighted by molar-refractivity contribution is 5.98. The van der Waals surface area contributed by atoms with E-state index in [4.69, 9.17) is 9.47 Å². The van der Waals surface area contributed by atoms with Crippen LogP contribution in [-0.4, -0.2) is 49.4 Å². The molecule has 2 aromatic rings. The molecule has 0 fully saturated rings. The minimum atomic E-state index is -0.230. The number of carbonyl (C=O) groups excluding carboxylic acids is 1. The Labute approximate surface area is 172 Å². The summed E-state index contributed by atoms with van der Waals surface area (Å²) in [5.41, 5.74) is 0.700. The van der Waals surface area contributed by atoms with Crippen LogP contribution < -0.4 is 20.3 Å². The van der Waals surface area contributed by atoms with E-state index in [1.807, 2.05) is 31.2 Å². The van der Waals surface area contributed by atoms with Gasteiger partial charge < -0.3 is 20.1 Å². The molecule has 2 N–H and O–H groups in total. The molecule has 1 aromatic heterocycles. The Bertz CT molecular complexity index is 739. The molecule has 0 aliphatic heterocycles. The van der Waals surface area contributed by atoms with Crippen molar-refractivity contribution in [1.82, 2.24) is 15.3 Å². The average molecular weight is 402 g/mol. The van der Waals surface area contributed by atoms with Crippen molar-refractivity contribution in [2.75, 3.05) is 43.6 Å². The highest BCUT2D eigenvalue weighted by Gasteiger charge is 2.20. The first-order valence-electron chi connectivity index (χ1n) is 10.1. The monoisotopic (exact) mass is 401 g/mol. The number of amides is 2. The predicted octanol–water partition coefficient (Wildman–Crippen LogP) is 3.97. The summed E-state index contributed by atoms with van der Waals surface area (Å²) >= 11 is 0. The molecular formula is C21H31N5O3. The maximum absolute atomic E-state index is 12.9. The van der Waals surface area contributed by atoms with E-state index in [2.05, 4.69) is 27.5 Å². The molecule has 2 amide bonds. The fourth-order valence-corrected chi connectivity index (χ4v) is 2.64. The van der Waals surface area contributed by atoms with E-state index in [-0.39, 0.29) is 6.03 Å². The Morgan fingerprint density at radius 2 is 1.90 bits per heavy atom. The lowest BCUT2D eigenvalue weighted by Crippen LogP contribution is -2.38. The molecule has 0 unspecified atom stereocenters. The van der Waals surface area contributed by atoms with Gasteiger partial charge in [0.15, 0.2) is 0 Å². The maximum atomic E-state index is 12.9. The van der Waals surface area contributed by atoms with E-state index in [0.717, 1.165) is 25.0 Å². The Hall–Kier alpha value is -2.87. The van der Waals surface area contributed by atoms with Crippen molar-refractivity contribution < 1.29 is 14.3 Å². The summed E-state index contributed by atoms with van der Waals surface area (Å²) in [6, 6.07) is 8.87. The standard InChI is InChI=1S/C21H31N5O3/c1-4-6-13-24-21(27)26(17-8-10-18(11-9-17)29-5-2)19-12-15-23-20(25-19)22-14-7-16-28-3/h8-12,15H,4-7,13-14,16H2,1-3H3,(H,24,27)(H,22,23,25). The highest BCUT2D eigenvalue weighted by Crippen LogP contribution is 2.26. The van der Waals surface area contributed by atoms with Crippen LogP contribution in [0, 0.1) is 0 Å². The van der Waals surface area contributed by atoms with E-state index in [0.29, 0.717) is 43.8 Å². The molecular weight excluding hydrogens is 370 g/mol. The minimum absolute atomic E-state index is 0.230. The lowest BCUT2D eigenvalue weighted by molar-refractivity contribution is 0.197. The van der Waals surface area contributed by atoms with E-state index >= 15 is 0 Å². The van der Waals surface area contributed by atoms with Gasteiger partial charge in [0.1, 0.15) is 11.6 Å². The van der Waals surface area contributed by atoms with Gasteiger partial charge in [0.2, 0.25) is 5.95 Å². The summed E-state index contributed by atoms with van der Waals surface area (Å²) in [6.45, 7) is 6.56. The van der Waals surface area contributed by atoms with Crippen LogP contribution in [0.4, 0.5) is 22.2 Å². The van der Waals surface area contributed by atoms with E-state index in [1.165, 1.54) is 0 Å². The molecule has 8 nitrogen and oxygen atoms in total. The first-order chi connectivity index (χ1) is 14.2. The van der Waals surface area contributed by atoms with Crippen LogP contribution in [0.5, 0.6) is 5.75 Å². The van der Waals surface area contributed by atoms with Crippen molar-refractivity contribution in [3.8, 4) is 5.75 Å². The maximum Gasteiger partial charge on any atom is 0.327 e. The number of methoxy groups -OCH3 is 1. The second-order valence-electron chi connectivity index (χ2n) is 6.36. The number of benzene rings is 1. The Balaban J connectivity index is 2.23. The number of hydrogen-bond donors (Lipinski definition) is 2. The van der Waals surface area contributed by atoms with E-state index in [9.17, 15) is 4.79 Å². The molecule has 29 heavy (non-hydrogen) atoms. The highest BCUT2D eigenvalue weighted by atomic mass is 16.5. The fourth-order valence-electron chi connectivity index (χ4n) is 2.64. The van der Waals surface area contributed by atoms with Crippen LogP contribution in [0.2, 0.25) is 0 Å². The molecule has 1 aromatic carbocycles. The quantitative estimate of drug-likeness (QED) is 0.523. The van der Waals surface area contributed by atoms with Crippen LogP contribution in [0.25, 0.3) is 0 Å². The van der Waals surface area contributed by atoms with Crippen molar-refractivity contribution in [3.63, 3.8) is 0 Å². The summed E-state index contributed by atoms with van der Waals surface area (Å²) < 4.78 is 10.6. The van der Waals surface area contributed by atoms with Gasteiger partial charge in [-0.25, -0.2) is 14.7 Å². The van der Waals surface area contributed by atoms with Gasteiger partial charge in [-0.1, -0.05) is 13.3 Å². The molecule has 8 heteroatoms. The lowest BCUT2D eigenvalue weighted by atomic mass is 10.2.